The quantitative estimate of drug-likeness (QED) is 0.910. The molecule has 1 aromatic carbocycles. The van der Waals surface area contributed by atoms with Crippen molar-refractivity contribution in [1.82, 2.24) is 10.2 Å². The first-order valence-corrected chi connectivity index (χ1v) is 7.33. The smallest absolute Gasteiger partial charge is 0.253 e. The number of carbonyl (C=O) groups is 2. The summed E-state index contributed by atoms with van der Waals surface area (Å²) in [6.07, 6.45) is 1.39. The van der Waals surface area contributed by atoms with E-state index in [1.807, 2.05) is 0 Å². The van der Waals surface area contributed by atoms with Gasteiger partial charge in [0.05, 0.1) is 14.2 Å². The normalized spacial score (nSPS) is 15.3. The average Bonchev–Trinajstić information content (AvgIpc) is 2.59. The molecule has 0 unspecified atom stereocenters. The van der Waals surface area contributed by atoms with Crippen molar-refractivity contribution < 1.29 is 19.1 Å². The van der Waals surface area contributed by atoms with Gasteiger partial charge in [-0.1, -0.05) is 0 Å². The molecule has 0 atom stereocenters. The van der Waals surface area contributed by atoms with Crippen molar-refractivity contribution in [3.8, 4) is 11.5 Å². The third-order valence-corrected chi connectivity index (χ3v) is 4.03. The monoisotopic (exact) mass is 306 g/mol. The maximum Gasteiger partial charge on any atom is 0.253 e. The number of amides is 2. The average molecular weight is 306 g/mol. The van der Waals surface area contributed by atoms with Gasteiger partial charge in [0.15, 0.2) is 11.5 Å². The lowest BCUT2D eigenvalue weighted by Crippen LogP contribution is -2.42. The van der Waals surface area contributed by atoms with Crippen LogP contribution in [0.4, 0.5) is 0 Å². The summed E-state index contributed by atoms with van der Waals surface area (Å²) >= 11 is 0. The van der Waals surface area contributed by atoms with Crippen LogP contribution in [0.15, 0.2) is 18.2 Å². The van der Waals surface area contributed by atoms with E-state index in [1.165, 1.54) is 0 Å². The van der Waals surface area contributed by atoms with E-state index in [4.69, 9.17) is 9.47 Å². The molecular weight excluding hydrogens is 284 g/mol. The summed E-state index contributed by atoms with van der Waals surface area (Å²) in [7, 11) is 4.74. The summed E-state index contributed by atoms with van der Waals surface area (Å²) in [4.78, 5) is 25.9. The van der Waals surface area contributed by atoms with Gasteiger partial charge in [-0.3, -0.25) is 9.59 Å². The number of hydrogen-bond donors (Lipinski definition) is 1. The summed E-state index contributed by atoms with van der Waals surface area (Å²) < 4.78 is 10.4. The Kier molecular flexibility index (Phi) is 5.25. The molecule has 2 rings (SSSR count). The standard InChI is InChI=1S/C16H22N2O4/c1-17-15(19)11-6-8-18(9-7-11)16(20)12-4-5-13(21-2)14(10-12)22-3/h4-5,10-11H,6-9H2,1-3H3,(H,17,19). The highest BCUT2D eigenvalue weighted by atomic mass is 16.5. The molecule has 1 aliphatic heterocycles. The van der Waals surface area contributed by atoms with Crippen LogP contribution in [0.3, 0.4) is 0 Å². The lowest BCUT2D eigenvalue weighted by Gasteiger charge is -2.31. The Balaban J connectivity index is 2.05. The molecule has 1 aliphatic rings. The van der Waals surface area contributed by atoms with Crippen LogP contribution in [0, 0.1) is 5.92 Å². The van der Waals surface area contributed by atoms with Crippen molar-refractivity contribution in [2.75, 3.05) is 34.4 Å². The molecule has 0 saturated carbocycles. The lowest BCUT2D eigenvalue weighted by atomic mass is 9.95. The third kappa shape index (κ3) is 3.32. The van der Waals surface area contributed by atoms with Gasteiger partial charge in [0.25, 0.3) is 5.91 Å². The number of rotatable bonds is 4. The Morgan fingerprint density at radius 3 is 2.32 bits per heavy atom. The van der Waals surface area contributed by atoms with E-state index < -0.39 is 0 Å². The third-order valence-electron chi connectivity index (χ3n) is 4.03. The Bertz CT molecular complexity index is 551. The zero-order valence-corrected chi connectivity index (χ0v) is 13.2. The molecule has 0 aliphatic carbocycles. The first-order valence-electron chi connectivity index (χ1n) is 7.33. The molecule has 0 spiro atoms. The molecule has 22 heavy (non-hydrogen) atoms. The second kappa shape index (κ2) is 7.15. The minimum atomic E-state index is -0.0451. The number of ether oxygens (including phenoxy) is 2. The zero-order chi connectivity index (χ0) is 16.1. The Hall–Kier alpha value is -2.24. The van der Waals surface area contributed by atoms with Crippen LogP contribution < -0.4 is 14.8 Å². The van der Waals surface area contributed by atoms with Crippen LogP contribution >= 0.6 is 0 Å². The zero-order valence-electron chi connectivity index (χ0n) is 13.2. The number of hydrogen-bond acceptors (Lipinski definition) is 4. The summed E-state index contributed by atoms with van der Waals surface area (Å²) in [6, 6.07) is 5.14. The molecule has 1 aromatic rings. The topological polar surface area (TPSA) is 67.9 Å². The molecular formula is C16H22N2O4. The molecule has 1 N–H and O–H groups in total. The fourth-order valence-corrected chi connectivity index (χ4v) is 2.70. The van der Waals surface area contributed by atoms with Gasteiger partial charge in [-0.05, 0) is 31.0 Å². The van der Waals surface area contributed by atoms with Gasteiger partial charge in [0.2, 0.25) is 5.91 Å². The van der Waals surface area contributed by atoms with Crippen molar-refractivity contribution >= 4 is 11.8 Å². The van der Waals surface area contributed by atoms with Crippen molar-refractivity contribution in [3.63, 3.8) is 0 Å². The van der Waals surface area contributed by atoms with Gasteiger partial charge in [-0.15, -0.1) is 0 Å². The molecule has 0 aromatic heterocycles. The predicted molar refractivity (Wildman–Crippen MR) is 82.2 cm³/mol. The van der Waals surface area contributed by atoms with E-state index in [9.17, 15) is 9.59 Å². The molecule has 0 radical (unpaired) electrons. The summed E-state index contributed by atoms with van der Waals surface area (Å²) in [5.74, 6) is 1.14. The van der Waals surface area contributed by atoms with E-state index in [2.05, 4.69) is 5.32 Å². The number of piperidine rings is 1. The van der Waals surface area contributed by atoms with Gasteiger partial charge in [0, 0.05) is 31.6 Å². The second-order valence-corrected chi connectivity index (χ2v) is 5.25. The van der Waals surface area contributed by atoms with Crippen molar-refractivity contribution in [1.29, 1.82) is 0 Å². The van der Waals surface area contributed by atoms with E-state index in [0.717, 1.165) is 0 Å². The number of nitrogens with zero attached hydrogens (tertiary/aromatic N) is 1. The Morgan fingerprint density at radius 2 is 1.77 bits per heavy atom. The predicted octanol–water partition coefficient (Wildman–Crippen LogP) is 1.30. The van der Waals surface area contributed by atoms with Crippen molar-refractivity contribution in [2.24, 2.45) is 5.92 Å². The molecule has 1 heterocycles. The Morgan fingerprint density at radius 1 is 1.14 bits per heavy atom. The minimum absolute atomic E-state index is 0.000506. The van der Waals surface area contributed by atoms with Crippen molar-refractivity contribution in [3.05, 3.63) is 23.8 Å². The maximum absolute atomic E-state index is 12.5. The number of carbonyl (C=O) groups excluding carboxylic acids is 2. The number of methoxy groups -OCH3 is 2. The summed E-state index contributed by atoms with van der Waals surface area (Å²) in [5, 5.41) is 2.67. The van der Waals surface area contributed by atoms with Gasteiger partial charge in [0.1, 0.15) is 0 Å². The lowest BCUT2D eigenvalue weighted by molar-refractivity contribution is -0.125. The first kappa shape index (κ1) is 16.1. The van der Waals surface area contributed by atoms with E-state index >= 15 is 0 Å². The number of likely N-dealkylation sites (tertiary alicyclic amines) is 1. The van der Waals surface area contributed by atoms with Crippen LogP contribution in [0.5, 0.6) is 11.5 Å². The van der Waals surface area contributed by atoms with Crippen LogP contribution in [0.25, 0.3) is 0 Å². The molecule has 6 nitrogen and oxygen atoms in total. The van der Waals surface area contributed by atoms with Crippen LogP contribution in [0.1, 0.15) is 23.2 Å². The number of nitrogens with one attached hydrogen (secondary N) is 1. The SMILES string of the molecule is CNC(=O)C1CCN(C(=O)c2ccc(OC)c(OC)c2)CC1. The molecule has 2 amide bonds. The van der Waals surface area contributed by atoms with Gasteiger partial charge >= 0.3 is 0 Å². The van der Waals surface area contributed by atoms with E-state index in [-0.39, 0.29) is 17.7 Å². The van der Waals surface area contributed by atoms with Gasteiger partial charge in [-0.2, -0.15) is 0 Å². The van der Waals surface area contributed by atoms with Crippen LogP contribution in [0.2, 0.25) is 0 Å². The van der Waals surface area contributed by atoms with Gasteiger partial charge < -0.3 is 19.7 Å². The fraction of sp³-hybridized carbons (Fsp3) is 0.500. The summed E-state index contributed by atoms with van der Waals surface area (Å²) in [6.45, 7) is 1.18. The molecule has 1 fully saturated rings. The molecule has 6 heteroatoms. The highest BCUT2D eigenvalue weighted by Gasteiger charge is 2.27. The fourth-order valence-electron chi connectivity index (χ4n) is 2.70. The van der Waals surface area contributed by atoms with Gasteiger partial charge in [-0.25, -0.2) is 0 Å². The van der Waals surface area contributed by atoms with Crippen LogP contribution in [-0.4, -0.2) is 51.1 Å². The molecule has 120 valence electrons. The van der Waals surface area contributed by atoms with E-state index in [0.29, 0.717) is 43.0 Å². The molecule has 0 bridgehead atoms. The molecule has 1 saturated heterocycles. The first-order chi connectivity index (χ1) is 10.6. The second-order valence-electron chi connectivity index (χ2n) is 5.25. The minimum Gasteiger partial charge on any atom is -0.493 e. The highest BCUT2D eigenvalue weighted by Crippen LogP contribution is 2.28. The summed E-state index contributed by atoms with van der Waals surface area (Å²) in [5.41, 5.74) is 0.566. The highest BCUT2D eigenvalue weighted by molar-refractivity contribution is 5.95. The van der Waals surface area contributed by atoms with E-state index in [1.54, 1.807) is 44.4 Å². The maximum atomic E-state index is 12.5. The Labute approximate surface area is 130 Å². The van der Waals surface area contributed by atoms with Crippen molar-refractivity contribution in [2.45, 2.75) is 12.8 Å². The van der Waals surface area contributed by atoms with Crippen LogP contribution in [-0.2, 0) is 4.79 Å². The largest absolute Gasteiger partial charge is 0.493 e. The number of benzene rings is 1.